The van der Waals surface area contributed by atoms with Crippen LogP contribution in [0.4, 0.5) is 0 Å². The van der Waals surface area contributed by atoms with Crippen molar-refractivity contribution < 1.29 is 13.3 Å². The summed E-state index contributed by atoms with van der Waals surface area (Å²) >= 11 is 0. The van der Waals surface area contributed by atoms with Crippen molar-refractivity contribution >= 4 is 131 Å². The molecule has 0 aliphatic heterocycles. The predicted molar refractivity (Wildman–Crippen MR) is 366 cm³/mol. The Bertz CT molecular complexity index is 6660. The molecular formula is C82H41N7O3. The number of hydrogen-bond donors (Lipinski definition) is 0. The van der Waals surface area contributed by atoms with Crippen LogP contribution in [0.25, 0.3) is 182 Å². The molecule has 19 rings (SSSR count). The van der Waals surface area contributed by atoms with Gasteiger partial charge in [-0.25, -0.2) is 0 Å². The number of aromatic nitrogens is 3. The highest BCUT2D eigenvalue weighted by Gasteiger charge is 2.25. The smallest absolute Gasteiger partial charge is 0.145 e. The molecule has 422 valence electrons. The lowest BCUT2D eigenvalue weighted by Crippen LogP contribution is -2.01. The van der Waals surface area contributed by atoms with Crippen molar-refractivity contribution in [1.29, 1.82) is 21.0 Å². The van der Waals surface area contributed by atoms with Gasteiger partial charge in [-0.05, 0) is 179 Å². The summed E-state index contributed by atoms with van der Waals surface area (Å²) in [4.78, 5) is 0. The number of nitrogens with zero attached hydrogens (tertiary/aromatic N) is 7. The van der Waals surface area contributed by atoms with Gasteiger partial charge in [-0.15, -0.1) is 0 Å². The van der Waals surface area contributed by atoms with Gasteiger partial charge in [0.15, 0.2) is 0 Å². The van der Waals surface area contributed by atoms with E-state index in [1.54, 1.807) is 30.3 Å². The molecule has 0 amide bonds. The van der Waals surface area contributed by atoms with E-state index < -0.39 is 0 Å². The Hall–Kier alpha value is -13.4. The van der Waals surface area contributed by atoms with E-state index in [9.17, 15) is 21.0 Å². The number of hydrogen-bond acceptors (Lipinski definition) is 7. The number of benzene rings is 13. The maximum atomic E-state index is 10.5. The van der Waals surface area contributed by atoms with Crippen molar-refractivity contribution in [2.75, 3.05) is 0 Å². The second-order valence-corrected chi connectivity index (χ2v) is 23.5. The molecule has 6 heterocycles. The summed E-state index contributed by atoms with van der Waals surface area (Å²) in [5, 5.41) is 53.1. The summed E-state index contributed by atoms with van der Waals surface area (Å²) in [5.41, 5.74) is 20.4. The van der Waals surface area contributed by atoms with Crippen LogP contribution in [0.5, 0.6) is 0 Å². The number of rotatable bonds is 6. The molecule has 19 aromatic rings. The molecule has 0 atom stereocenters. The first-order valence-corrected chi connectivity index (χ1v) is 30.2. The second kappa shape index (κ2) is 19.1. The van der Waals surface area contributed by atoms with Gasteiger partial charge in [-0.2, -0.15) is 21.0 Å². The third-order valence-corrected chi connectivity index (χ3v) is 18.8. The van der Waals surface area contributed by atoms with Crippen molar-refractivity contribution in [3.63, 3.8) is 0 Å². The molecule has 0 bridgehead atoms. The molecule has 10 nitrogen and oxygen atoms in total. The Balaban J connectivity index is 0.729. The highest BCUT2D eigenvalue weighted by Crippen LogP contribution is 2.47. The van der Waals surface area contributed by atoms with E-state index in [2.05, 4.69) is 203 Å². The SMILES string of the molecule is N#Cc1ccc(-n2c3ccc(-c4ccc5c(c4)oc4ccc(-c6ccc7c8cc(-c9ccc%10c(c9)c9c%11oc%12ccccc%12c%11ccc9n%10-c9c(C#N)cccc9C#N)ccc8n(-c8ccccc8)c7c6)cc45)cc3c3c4oc5ccccc5c4ccc32)c(C#N)c1. The van der Waals surface area contributed by atoms with Crippen LogP contribution in [-0.4, -0.2) is 13.7 Å². The fourth-order valence-electron chi connectivity index (χ4n) is 14.7. The van der Waals surface area contributed by atoms with Crippen molar-refractivity contribution in [3.05, 3.63) is 271 Å². The maximum Gasteiger partial charge on any atom is 0.145 e. The van der Waals surface area contributed by atoms with Crippen LogP contribution in [0.15, 0.2) is 262 Å². The lowest BCUT2D eigenvalue weighted by molar-refractivity contribution is 0.669. The molecule has 0 saturated heterocycles. The number of furan rings is 3. The number of nitriles is 4. The van der Waals surface area contributed by atoms with Crippen molar-refractivity contribution in [3.8, 4) is 74.7 Å². The van der Waals surface area contributed by atoms with E-state index in [4.69, 9.17) is 13.3 Å². The van der Waals surface area contributed by atoms with E-state index in [0.717, 1.165) is 170 Å². The fraction of sp³-hybridized carbons (Fsp3) is 0. The van der Waals surface area contributed by atoms with E-state index in [1.165, 1.54) is 0 Å². The molecule has 0 spiro atoms. The van der Waals surface area contributed by atoms with Crippen LogP contribution in [0.3, 0.4) is 0 Å². The molecule has 0 N–H and O–H groups in total. The van der Waals surface area contributed by atoms with Crippen LogP contribution in [0, 0.1) is 45.3 Å². The van der Waals surface area contributed by atoms with Crippen LogP contribution in [0.1, 0.15) is 22.3 Å². The van der Waals surface area contributed by atoms with Crippen molar-refractivity contribution in [2.45, 2.75) is 0 Å². The Kier molecular flexibility index (Phi) is 10.5. The number of para-hydroxylation sites is 4. The van der Waals surface area contributed by atoms with Gasteiger partial charge in [-0.3, -0.25) is 0 Å². The van der Waals surface area contributed by atoms with Crippen LogP contribution in [-0.2, 0) is 0 Å². The Labute approximate surface area is 522 Å². The second-order valence-electron chi connectivity index (χ2n) is 23.5. The standard InChI is InChI=1S/C82H41N7O3/c83-42-46-17-28-67(55(35-46)45-86)88-69-30-21-49(39-65(69)78-71(88)32-26-61-58-13-4-6-15-74(58)91-81(61)78)52-19-25-60-64-37-50(23-34-76(64)90-77(60)41-52)51-18-24-57-63-36-47(20-29-68(63)87(73(57)40-51)56-11-2-1-3-12-56)48-22-31-70-66(38-48)79-72(89(70)80-53(43-84)9-8-10-54(80)44-85)33-27-62-59-14-5-7-16-75(59)92-82(62)79/h1-41H. The third-order valence-electron chi connectivity index (χ3n) is 18.8. The molecular weight excluding hydrogens is 1130 g/mol. The third kappa shape index (κ3) is 7.15. The zero-order chi connectivity index (χ0) is 61.0. The lowest BCUT2D eigenvalue weighted by atomic mass is 9.98. The Morgan fingerprint density at radius 2 is 0.739 bits per heavy atom. The lowest BCUT2D eigenvalue weighted by Gasteiger charge is -2.12. The van der Waals surface area contributed by atoms with Gasteiger partial charge in [0.25, 0.3) is 0 Å². The van der Waals surface area contributed by atoms with E-state index in [-0.39, 0.29) is 0 Å². The van der Waals surface area contributed by atoms with Gasteiger partial charge in [0, 0.05) is 59.5 Å². The summed E-state index contributed by atoms with van der Waals surface area (Å²) in [6, 6.07) is 94.1. The topological polar surface area (TPSA) is 149 Å². The van der Waals surface area contributed by atoms with Gasteiger partial charge in [0.2, 0.25) is 0 Å². The molecule has 0 radical (unpaired) electrons. The molecule has 92 heavy (non-hydrogen) atoms. The quantitative estimate of drug-likeness (QED) is 0.161. The first kappa shape index (κ1) is 50.7. The molecule has 10 heteroatoms. The summed E-state index contributed by atoms with van der Waals surface area (Å²) in [6.45, 7) is 0. The molecule has 6 aromatic heterocycles. The molecule has 0 unspecified atom stereocenters. The number of fused-ring (bicyclic) bond motifs is 20. The van der Waals surface area contributed by atoms with Crippen molar-refractivity contribution in [1.82, 2.24) is 13.7 Å². The first-order chi connectivity index (χ1) is 45.4. The zero-order valence-electron chi connectivity index (χ0n) is 48.5. The highest BCUT2D eigenvalue weighted by atomic mass is 16.3. The summed E-state index contributed by atoms with van der Waals surface area (Å²) < 4.78 is 26.6. The van der Waals surface area contributed by atoms with E-state index in [1.807, 2.05) is 53.1 Å². The largest absolute Gasteiger partial charge is 0.456 e. The molecule has 0 aliphatic carbocycles. The Morgan fingerprint density at radius 3 is 1.37 bits per heavy atom. The average Bonchev–Trinajstić information content (AvgIpc) is 1.57. The summed E-state index contributed by atoms with van der Waals surface area (Å²) in [7, 11) is 0. The average molecular weight is 1170 g/mol. The summed E-state index contributed by atoms with van der Waals surface area (Å²) in [5.74, 6) is 0. The predicted octanol–water partition coefficient (Wildman–Crippen LogP) is 21.2. The molecule has 0 aliphatic rings. The zero-order valence-corrected chi connectivity index (χ0v) is 48.5. The molecule has 0 fully saturated rings. The van der Waals surface area contributed by atoms with Gasteiger partial charge >= 0.3 is 0 Å². The Morgan fingerprint density at radius 1 is 0.261 bits per heavy atom. The van der Waals surface area contributed by atoms with E-state index in [0.29, 0.717) is 33.6 Å². The monoisotopic (exact) mass is 1170 g/mol. The first-order valence-electron chi connectivity index (χ1n) is 30.2. The molecule has 0 saturated carbocycles. The minimum absolute atomic E-state index is 0.403. The van der Waals surface area contributed by atoms with E-state index >= 15 is 0 Å². The van der Waals surface area contributed by atoms with Gasteiger partial charge in [0.1, 0.15) is 51.7 Å². The van der Waals surface area contributed by atoms with Crippen molar-refractivity contribution in [2.24, 2.45) is 0 Å². The van der Waals surface area contributed by atoms with Crippen LogP contribution < -0.4 is 0 Å². The minimum atomic E-state index is 0.403. The van der Waals surface area contributed by atoms with Gasteiger partial charge < -0.3 is 27.0 Å². The van der Waals surface area contributed by atoms with Crippen LogP contribution in [0.2, 0.25) is 0 Å². The minimum Gasteiger partial charge on any atom is -0.456 e. The van der Waals surface area contributed by atoms with Crippen LogP contribution >= 0.6 is 0 Å². The van der Waals surface area contributed by atoms with Gasteiger partial charge in [0.05, 0.1) is 83.6 Å². The summed E-state index contributed by atoms with van der Waals surface area (Å²) in [6.07, 6.45) is 0. The fourth-order valence-corrected chi connectivity index (χ4v) is 14.7. The molecule has 13 aromatic carbocycles. The maximum absolute atomic E-state index is 10.5. The van der Waals surface area contributed by atoms with Gasteiger partial charge in [-0.1, -0.05) is 103 Å². The highest BCUT2D eigenvalue weighted by molar-refractivity contribution is 6.26. The normalized spacial score (nSPS) is 11.9.